The second-order valence-electron chi connectivity index (χ2n) is 3.60. The van der Waals surface area contributed by atoms with Crippen LogP contribution in [0.25, 0.3) is 11.1 Å². The van der Waals surface area contributed by atoms with Crippen molar-refractivity contribution in [2.45, 2.75) is 26.3 Å². The van der Waals surface area contributed by atoms with Crippen molar-refractivity contribution in [3.8, 4) is 0 Å². The first-order valence-corrected chi connectivity index (χ1v) is 5.11. The van der Waals surface area contributed by atoms with Gasteiger partial charge >= 0.3 is 5.76 Å². The van der Waals surface area contributed by atoms with Crippen molar-refractivity contribution in [3.63, 3.8) is 0 Å². The van der Waals surface area contributed by atoms with Crippen LogP contribution in [0.5, 0.6) is 0 Å². The van der Waals surface area contributed by atoms with Crippen LogP contribution in [0.3, 0.4) is 0 Å². The Morgan fingerprint density at radius 3 is 3.00 bits per heavy atom. The summed E-state index contributed by atoms with van der Waals surface area (Å²) < 4.78 is 6.76. The number of nitrogen functional groups attached to an aromatic ring is 1. The number of aryl methyl sites for hydroxylation is 1. The Morgan fingerprint density at radius 1 is 1.47 bits per heavy atom. The first kappa shape index (κ1) is 9.83. The SMILES string of the molecule is CCCCn1c(=O)oc2cc(N)ccc21. The van der Waals surface area contributed by atoms with E-state index in [0.717, 1.165) is 18.4 Å². The second kappa shape index (κ2) is 3.81. The lowest BCUT2D eigenvalue weighted by atomic mass is 10.3. The summed E-state index contributed by atoms with van der Waals surface area (Å²) in [6.45, 7) is 2.79. The molecule has 0 fully saturated rings. The zero-order chi connectivity index (χ0) is 10.8. The Bertz CT molecular complexity index is 525. The number of anilines is 1. The van der Waals surface area contributed by atoms with Crippen molar-refractivity contribution in [1.29, 1.82) is 0 Å². The van der Waals surface area contributed by atoms with E-state index in [9.17, 15) is 4.79 Å². The lowest BCUT2D eigenvalue weighted by Gasteiger charge is -1.99. The standard InChI is InChI=1S/C11H14N2O2/c1-2-3-6-13-9-5-4-8(12)7-10(9)15-11(13)14/h4-5,7H,2-3,6,12H2,1H3. The molecule has 0 atom stereocenters. The third kappa shape index (κ3) is 1.75. The zero-order valence-corrected chi connectivity index (χ0v) is 8.69. The largest absolute Gasteiger partial charge is 0.419 e. The van der Waals surface area contributed by atoms with E-state index in [2.05, 4.69) is 6.92 Å². The van der Waals surface area contributed by atoms with Crippen LogP contribution in [-0.2, 0) is 6.54 Å². The number of hydrogen-bond donors (Lipinski definition) is 1. The van der Waals surface area contributed by atoms with E-state index in [4.69, 9.17) is 10.2 Å². The maximum absolute atomic E-state index is 11.5. The fourth-order valence-electron chi connectivity index (χ4n) is 1.61. The molecule has 1 aromatic carbocycles. The number of fused-ring (bicyclic) bond motifs is 1. The molecule has 2 rings (SSSR count). The van der Waals surface area contributed by atoms with E-state index in [1.54, 1.807) is 16.7 Å². The minimum absolute atomic E-state index is 0.302. The number of unbranched alkanes of at least 4 members (excludes halogenated alkanes) is 1. The predicted molar refractivity (Wildman–Crippen MR) is 59.8 cm³/mol. The van der Waals surface area contributed by atoms with Crippen LogP contribution in [0.15, 0.2) is 27.4 Å². The number of hydrogen-bond acceptors (Lipinski definition) is 3. The zero-order valence-electron chi connectivity index (χ0n) is 8.69. The molecule has 0 radical (unpaired) electrons. The summed E-state index contributed by atoms with van der Waals surface area (Å²) in [6, 6.07) is 5.28. The highest BCUT2D eigenvalue weighted by atomic mass is 16.4. The number of rotatable bonds is 3. The van der Waals surface area contributed by atoms with Crippen molar-refractivity contribution in [2.24, 2.45) is 0 Å². The summed E-state index contributed by atoms with van der Waals surface area (Å²) in [6.07, 6.45) is 2.02. The van der Waals surface area contributed by atoms with Gasteiger partial charge in [0.1, 0.15) is 0 Å². The van der Waals surface area contributed by atoms with Gasteiger partial charge in [-0.25, -0.2) is 4.79 Å². The fourth-order valence-corrected chi connectivity index (χ4v) is 1.61. The van der Waals surface area contributed by atoms with Gasteiger partial charge in [0.25, 0.3) is 0 Å². The molecule has 2 aromatic rings. The molecule has 0 aliphatic rings. The Kier molecular flexibility index (Phi) is 2.49. The van der Waals surface area contributed by atoms with Gasteiger partial charge in [0, 0.05) is 18.3 Å². The highest BCUT2D eigenvalue weighted by Crippen LogP contribution is 2.16. The Morgan fingerprint density at radius 2 is 2.27 bits per heavy atom. The van der Waals surface area contributed by atoms with Gasteiger partial charge in [0.15, 0.2) is 5.58 Å². The Balaban J connectivity index is 2.53. The van der Waals surface area contributed by atoms with Crippen LogP contribution in [0.4, 0.5) is 5.69 Å². The highest BCUT2D eigenvalue weighted by Gasteiger charge is 2.08. The van der Waals surface area contributed by atoms with Crippen molar-refractivity contribution >= 4 is 16.8 Å². The normalized spacial score (nSPS) is 11.0. The molecule has 80 valence electrons. The van der Waals surface area contributed by atoms with Crippen LogP contribution in [0.2, 0.25) is 0 Å². The maximum atomic E-state index is 11.5. The number of benzene rings is 1. The minimum Gasteiger partial charge on any atom is -0.408 e. The molecule has 4 nitrogen and oxygen atoms in total. The van der Waals surface area contributed by atoms with Crippen molar-refractivity contribution in [3.05, 3.63) is 28.7 Å². The van der Waals surface area contributed by atoms with E-state index in [-0.39, 0.29) is 5.76 Å². The van der Waals surface area contributed by atoms with Gasteiger partial charge in [-0.15, -0.1) is 0 Å². The van der Waals surface area contributed by atoms with Gasteiger partial charge in [-0.1, -0.05) is 13.3 Å². The molecule has 1 heterocycles. The quantitative estimate of drug-likeness (QED) is 0.781. The summed E-state index contributed by atoms with van der Waals surface area (Å²) in [5.41, 5.74) is 7.61. The summed E-state index contributed by atoms with van der Waals surface area (Å²) >= 11 is 0. The first-order valence-electron chi connectivity index (χ1n) is 5.11. The molecule has 0 amide bonds. The molecule has 4 heteroatoms. The van der Waals surface area contributed by atoms with Crippen LogP contribution in [0.1, 0.15) is 19.8 Å². The molecule has 0 spiro atoms. The summed E-state index contributed by atoms with van der Waals surface area (Å²) in [5.74, 6) is -0.302. The number of nitrogens with two attached hydrogens (primary N) is 1. The summed E-state index contributed by atoms with van der Waals surface area (Å²) in [4.78, 5) is 11.5. The molecule has 0 aliphatic carbocycles. The number of oxazole rings is 1. The topological polar surface area (TPSA) is 61.2 Å². The minimum atomic E-state index is -0.302. The van der Waals surface area contributed by atoms with Gasteiger partial charge < -0.3 is 10.2 Å². The number of nitrogens with zero attached hydrogens (tertiary/aromatic N) is 1. The maximum Gasteiger partial charge on any atom is 0.419 e. The Hall–Kier alpha value is -1.71. The second-order valence-corrected chi connectivity index (χ2v) is 3.60. The highest BCUT2D eigenvalue weighted by molar-refractivity contribution is 5.76. The molecule has 0 unspecified atom stereocenters. The molecular formula is C11H14N2O2. The van der Waals surface area contributed by atoms with Gasteiger partial charge in [0.2, 0.25) is 0 Å². The van der Waals surface area contributed by atoms with E-state index < -0.39 is 0 Å². The smallest absolute Gasteiger partial charge is 0.408 e. The van der Waals surface area contributed by atoms with Gasteiger partial charge in [-0.3, -0.25) is 4.57 Å². The van der Waals surface area contributed by atoms with Crippen LogP contribution >= 0.6 is 0 Å². The van der Waals surface area contributed by atoms with E-state index in [1.807, 2.05) is 6.07 Å². The van der Waals surface area contributed by atoms with Crippen molar-refractivity contribution in [2.75, 3.05) is 5.73 Å². The lowest BCUT2D eigenvalue weighted by molar-refractivity contribution is 0.496. The fraction of sp³-hybridized carbons (Fsp3) is 0.364. The average Bonchev–Trinajstić information content (AvgIpc) is 2.50. The van der Waals surface area contributed by atoms with Gasteiger partial charge in [-0.05, 0) is 18.6 Å². The molecule has 0 aliphatic heterocycles. The van der Waals surface area contributed by atoms with Crippen LogP contribution in [-0.4, -0.2) is 4.57 Å². The third-order valence-corrected chi connectivity index (χ3v) is 2.43. The molecule has 0 saturated carbocycles. The predicted octanol–water partition coefficient (Wildman–Crippen LogP) is 1.98. The molecule has 1 aromatic heterocycles. The van der Waals surface area contributed by atoms with Crippen molar-refractivity contribution in [1.82, 2.24) is 4.57 Å². The van der Waals surface area contributed by atoms with Crippen molar-refractivity contribution < 1.29 is 4.42 Å². The molecule has 2 N–H and O–H groups in total. The van der Waals surface area contributed by atoms with Gasteiger partial charge in [-0.2, -0.15) is 0 Å². The molecule has 0 bridgehead atoms. The molecule has 15 heavy (non-hydrogen) atoms. The van der Waals surface area contributed by atoms with Crippen LogP contribution < -0.4 is 11.5 Å². The van der Waals surface area contributed by atoms with E-state index >= 15 is 0 Å². The number of aromatic nitrogens is 1. The monoisotopic (exact) mass is 206 g/mol. The first-order chi connectivity index (χ1) is 7.22. The average molecular weight is 206 g/mol. The molecular weight excluding hydrogens is 192 g/mol. The third-order valence-electron chi connectivity index (χ3n) is 2.43. The Labute approximate surface area is 87.3 Å². The van der Waals surface area contributed by atoms with E-state index in [1.165, 1.54) is 0 Å². The summed E-state index contributed by atoms with van der Waals surface area (Å²) in [5, 5.41) is 0. The van der Waals surface area contributed by atoms with Crippen LogP contribution in [0, 0.1) is 0 Å². The summed E-state index contributed by atoms with van der Waals surface area (Å²) in [7, 11) is 0. The van der Waals surface area contributed by atoms with E-state index in [0.29, 0.717) is 17.8 Å². The molecule has 0 saturated heterocycles. The van der Waals surface area contributed by atoms with Gasteiger partial charge in [0.05, 0.1) is 5.52 Å². The lowest BCUT2D eigenvalue weighted by Crippen LogP contribution is -2.13.